The maximum absolute atomic E-state index is 12.2. The van der Waals surface area contributed by atoms with Gasteiger partial charge >= 0.3 is 0 Å². The van der Waals surface area contributed by atoms with Crippen molar-refractivity contribution in [2.75, 3.05) is 24.1 Å². The Labute approximate surface area is 184 Å². The minimum absolute atomic E-state index is 0. The number of nitrogens with two attached hydrogens (primary N) is 2. The summed E-state index contributed by atoms with van der Waals surface area (Å²) in [6.07, 6.45) is 2.44. The first kappa shape index (κ1) is 25.4. The molecular weight excluding hydrogens is 435 g/mol. The van der Waals surface area contributed by atoms with E-state index in [9.17, 15) is 8.42 Å². The highest BCUT2D eigenvalue weighted by Crippen LogP contribution is 2.35. The van der Waals surface area contributed by atoms with Crippen molar-refractivity contribution >= 4 is 46.6 Å². The van der Waals surface area contributed by atoms with E-state index in [1.165, 1.54) is 0 Å². The summed E-state index contributed by atoms with van der Waals surface area (Å²) in [6, 6.07) is 8.90. The van der Waals surface area contributed by atoms with Crippen LogP contribution in [0.5, 0.6) is 0 Å². The Morgan fingerprint density at radius 1 is 1.10 bits per heavy atom. The molecule has 29 heavy (non-hydrogen) atoms. The van der Waals surface area contributed by atoms with Gasteiger partial charge in [-0.3, -0.25) is 0 Å². The number of aryl methyl sites for hydroxylation is 1. The summed E-state index contributed by atoms with van der Waals surface area (Å²) in [5, 5.41) is 3.18. The van der Waals surface area contributed by atoms with Crippen LogP contribution in [-0.2, 0) is 10.0 Å². The first-order valence-electron chi connectivity index (χ1n) is 9.04. The average Bonchev–Trinajstić information content (AvgIpc) is 2.58. The van der Waals surface area contributed by atoms with Crippen LogP contribution in [0.25, 0.3) is 0 Å². The van der Waals surface area contributed by atoms with Gasteiger partial charge in [-0.2, -0.15) is 4.98 Å². The van der Waals surface area contributed by atoms with E-state index < -0.39 is 10.0 Å². The maximum atomic E-state index is 12.2. The lowest BCUT2D eigenvalue weighted by Gasteiger charge is -2.32. The van der Waals surface area contributed by atoms with E-state index in [1.807, 2.05) is 13.0 Å². The predicted molar refractivity (Wildman–Crippen MR) is 120 cm³/mol. The Balaban J connectivity index is 0.00000210. The molecule has 1 heterocycles. The van der Waals surface area contributed by atoms with Crippen LogP contribution in [0.1, 0.15) is 36.4 Å². The summed E-state index contributed by atoms with van der Waals surface area (Å²) in [5.41, 5.74) is 13.6. The van der Waals surface area contributed by atoms with Crippen molar-refractivity contribution in [3.63, 3.8) is 0 Å². The van der Waals surface area contributed by atoms with Crippen LogP contribution in [0.4, 0.5) is 11.8 Å². The zero-order valence-corrected chi connectivity index (χ0v) is 18.6. The molecule has 1 aliphatic rings. The zero-order valence-electron chi connectivity index (χ0n) is 16.2. The molecule has 0 aliphatic heterocycles. The van der Waals surface area contributed by atoms with Gasteiger partial charge in [0.2, 0.25) is 16.0 Å². The fraction of sp³-hybridized carbons (Fsp3) is 0.444. The van der Waals surface area contributed by atoms with Crippen LogP contribution < -0.4 is 21.5 Å². The summed E-state index contributed by atoms with van der Waals surface area (Å²) < 4.78 is 27.1. The topological polar surface area (TPSA) is 136 Å². The number of sulfonamides is 1. The number of anilines is 2. The van der Waals surface area contributed by atoms with Crippen molar-refractivity contribution in [3.8, 4) is 0 Å². The number of hydrogen-bond donors (Lipinski definition) is 4. The third kappa shape index (κ3) is 6.97. The number of benzene rings is 1. The molecule has 0 radical (unpaired) electrons. The van der Waals surface area contributed by atoms with Gasteiger partial charge in [0.05, 0.1) is 10.6 Å². The average molecular weight is 463 g/mol. The fourth-order valence-corrected chi connectivity index (χ4v) is 4.07. The van der Waals surface area contributed by atoms with Gasteiger partial charge < -0.3 is 16.8 Å². The van der Waals surface area contributed by atoms with Gasteiger partial charge in [-0.25, -0.2) is 18.1 Å². The first-order valence-corrected chi connectivity index (χ1v) is 10.5. The van der Waals surface area contributed by atoms with Crippen molar-refractivity contribution < 1.29 is 8.42 Å². The predicted octanol–water partition coefficient (Wildman–Crippen LogP) is 2.20. The van der Waals surface area contributed by atoms with Crippen LogP contribution in [0, 0.1) is 6.92 Å². The van der Waals surface area contributed by atoms with E-state index in [2.05, 4.69) is 20.0 Å². The molecule has 162 valence electrons. The van der Waals surface area contributed by atoms with Crippen LogP contribution in [-0.4, -0.2) is 37.5 Å². The van der Waals surface area contributed by atoms with Crippen molar-refractivity contribution in [1.29, 1.82) is 0 Å². The van der Waals surface area contributed by atoms with Gasteiger partial charge in [0.1, 0.15) is 5.82 Å². The lowest BCUT2D eigenvalue weighted by molar-refractivity contribution is 0.345. The lowest BCUT2D eigenvalue weighted by atomic mass is 9.78. The fourth-order valence-electron chi connectivity index (χ4n) is 3.00. The molecular formula is C18H28Cl2N6O2S. The molecule has 1 aromatic carbocycles. The molecule has 1 aromatic heterocycles. The highest BCUT2D eigenvalue weighted by molar-refractivity contribution is 7.89. The van der Waals surface area contributed by atoms with Gasteiger partial charge in [0, 0.05) is 31.1 Å². The van der Waals surface area contributed by atoms with Crippen LogP contribution in [0.2, 0.25) is 0 Å². The van der Waals surface area contributed by atoms with Crippen LogP contribution in [0.3, 0.4) is 0 Å². The highest BCUT2D eigenvalue weighted by Gasteiger charge is 2.29. The van der Waals surface area contributed by atoms with Gasteiger partial charge in [-0.05, 0) is 38.3 Å². The second-order valence-electron chi connectivity index (χ2n) is 6.96. The van der Waals surface area contributed by atoms with Gasteiger partial charge in [0.15, 0.2) is 0 Å². The zero-order chi connectivity index (χ0) is 19.4. The summed E-state index contributed by atoms with van der Waals surface area (Å²) in [4.78, 5) is 8.74. The van der Waals surface area contributed by atoms with Gasteiger partial charge in [-0.1, -0.05) is 17.7 Å². The van der Waals surface area contributed by atoms with Gasteiger partial charge in [0.25, 0.3) is 0 Å². The molecule has 11 heteroatoms. The Bertz CT molecular complexity index is 890. The minimum atomic E-state index is -3.48. The molecule has 1 aliphatic carbocycles. The maximum Gasteiger partial charge on any atom is 0.240 e. The number of nitrogen functional groups attached to an aromatic ring is 1. The minimum Gasteiger partial charge on any atom is -0.370 e. The number of rotatable bonds is 8. The molecule has 0 bridgehead atoms. The standard InChI is InChI=1S/C18H26N6O2S.2ClH/c1-12-3-5-15(6-4-12)27(25,26)22-8-2-7-21-17-11-16(23-18(20)24-17)13-9-14(19)10-13;;/h3-6,11,13-14,22H,2,7-10,19H2,1H3,(H3,20,21,23,24);2*1H. The van der Waals surface area contributed by atoms with Crippen molar-refractivity contribution in [3.05, 3.63) is 41.6 Å². The van der Waals surface area contributed by atoms with Gasteiger partial charge in [-0.15, -0.1) is 24.8 Å². The third-order valence-electron chi connectivity index (χ3n) is 4.64. The lowest BCUT2D eigenvalue weighted by Crippen LogP contribution is -2.35. The summed E-state index contributed by atoms with van der Waals surface area (Å²) >= 11 is 0. The molecule has 2 aromatic rings. The molecule has 3 rings (SSSR count). The van der Waals surface area contributed by atoms with Crippen molar-refractivity contribution in [1.82, 2.24) is 14.7 Å². The molecule has 0 spiro atoms. The molecule has 0 amide bonds. The number of hydrogen-bond acceptors (Lipinski definition) is 7. The molecule has 0 unspecified atom stereocenters. The van der Waals surface area contributed by atoms with E-state index in [4.69, 9.17) is 11.5 Å². The monoisotopic (exact) mass is 462 g/mol. The number of nitrogens with one attached hydrogen (secondary N) is 2. The normalized spacial score (nSPS) is 18.1. The smallest absolute Gasteiger partial charge is 0.240 e. The first-order chi connectivity index (χ1) is 12.8. The van der Waals surface area contributed by atoms with Crippen LogP contribution in [0.15, 0.2) is 35.2 Å². The Morgan fingerprint density at radius 3 is 2.38 bits per heavy atom. The second-order valence-corrected chi connectivity index (χ2v) is 8.72. The number of nitrogens with zero attached hydrogens (tertiary/aromatic N) is 2. The molecule has 8 nitrogen and oxygen atoms in total. The Kier molecular flexibility index (Phi) is 9.57. The Hall–Kier alpha value is -1.65. The quantitative estimate of drug-likeness (QED) is 0.441. The molecule has 1 fully saturated rings. The molecule has 0 atom stereocenters. The summed E-state index contributed by atoms with van der Waals surface area (Å²) in [6.45, 7) is 2.81. The number of halogens is 2. The third-order valence-corrected chi connectivity index (χ3v) is 6.12. The highest BCUT2D eigenvalue weighted by atomic mass is 35.5. The van der Waals surface area contributed by atoms with E-state index in [1.54, 1.807) is 24.3 Å². The van der Waals surface area contributed by atoms with E-state index in [-0.39, 0.29) is 41.7 Å². The second kappa shape index (κ2) is 10.9. The summed E-state index contributed by atoms with van der Waals surface area (Å²) in [7, 11) is -3.48. The van der Waals surface area contributed by atoms with E-state index in [0.717, 1.165) is 24.1 Å². The summed E-state index contributed by atoms with van der Waals surface area (Å²) in [5.74, 6) is 1.22. The van der Waals surface area contributed by atoms with E-state index >= 15 is 0 Å². The van der Waals surface area contributed by atoms with Crippen molar-refractivity contribution in [2.24, 2.45) is 5.73 Å². The van der Waals surface area contributed by atoms with Crippen LogP contribution >= 0.6 is 24.8 Å². The molecule has 1 saturated carbocycles. The SMILES string of the molecule is Cc1ccc(S(=O)(=O)NCCCNc2cc(C3CC(N)C3)nc(N)n2)cc1.Cl.Cl. The van der Waals surface area contributed by atoms with E-state index in [0.29, 0.717) is 31.2 Å². The molecule has 6 N–H and O–H groups in total. The number of aromatic nitrogens is 2. The largest absolute Gasteiger partial charge is 0.370 e. The van der Waals surface area contributed by atoms with Crippen molar-refractivity contribution in [2.45, 2.75) is 43.0 Å². The Morgan fingerprint density at radius 2 is 1.76 bits per heavy atom. The molecule has 0 saturated heterocycles.